The number of hydrogen-bond acceptors (Lipinski definition) is 5. The fourth-order valence-corrected chi connectivity index (χ4v) is 2.35. The second-order valence-electron chi connectivity index (χ2n) is 5.45. The van der Waals surface area contributed by atoms with Crippen molar-refractivity contribution in [1.82, 2.24) is 5.32 Å². The van der Waals surface area contributed by atoms with Gasteiger partial charge < -0.3 is 10.4 Å². The minimum Gasteiger partial charge on any atom is -0.506 e. The molecule has 0 bridgehead atoms. The lowest BCUT2D eigenvalue weighted by Gasteiger charge is -2.13. The van der Waals surface area contributed by atoms with Crippen molar-refractivity contribution in [2.24, 2.45) is 0 Å². The third-order valence-corrected chi connectivity index (χ3v) is 3.54. The molecule has 2 aromatic rings. The van der Waals surface area contributed by atoms with Crippen LogP contribution < -0.4 is 10.6 Å². The Morgan fingerprint density at radius 1 is 1.22 bits per heavy atom. The predicted molar refractivity (Wildman–Crippen MR) is 94.6 cm³/mol. The molecule has 11 heteroatoms. The fraction of sp³-hybridized carbons (Fsp3) is 0.125. The molecule has 7 nitrogen and oxygen atoms in total. The molecule has 27 heavy (non-hydrogen) atoms. The number of nitrogens with zero attached hydrogens (tertiary/aromatic N) is 1. The number of carbonyl (C=O) groups is 1. The second kappa shape index (κ2) is 7.58. The van der Waals surface area contributed by atoms with Gasteiger partial charge in [-0.1, -0.05) is 0 Å². The standard InChI is InChI=1S/C16H12F3N3O4S/c1-8-4-9(6-10(5-8)16(17,18)19)14(24)21-15(27)20-12-7-11(22(25)26)2-3-13(12)23/h2-7,23H,1H3,(H2,20,21,24,27). The van der Waals surface area contributed by atoms with E-state index in [1.54, 1.807) is 0 Å². The molecular weight excluding hydrogens is 387 g/mol. The molecule has 0 saturated heterocycles. The molecule has 0 aliphatic carbocycles. The number of hydrogen-bond donors (Lipinski definition) is 3. The minimum absolute atomic E-state index is 0.144. The Balaban J connectivity index is 2.17. The van der Waals surface area contributed by atoms with Crippen LogP contribution >= 0.6 is 12.2 Å². The highest BCUT2D eigenvalue weighted by molar-refractivity contribution is 7.80. The van der Waals surface area contributed by atoms with E-state index >= 15 is 0 Å². The Labute approximate surface area is 156 Å². The van der Waals surface area contributed by atoms with E-state index in [1.165, 1.54) is 13.0 Å². The predicted octanol–water partition coefficient (Wildman–Crippen LogP) is 3.75. The normalized spacial score (nSPS) is 11.0. The third kappa shape index (κ3) is 5.14. The second-order valence-corrected chi connectivity index (χ2v) is 5.86. The number of non-ortho nitro benzene ring substituents is 1. The molecule has 0 atom stereocenters. The lowest BCUT2D eigenvalue weighted by atomic mass is 10.1. The number of rotatable bonds is 3. The number of halogens is 3. The van der Waals surface area contributed by atoms with Gasteiger partial charge in [0.25, 0.3) is 11.6 Å². The van der Waals surface area contributed by atoms with Crippen molar-refractivity contribution in [3.05, 3.63) is 63.2 Å². The summed E-state index contributed by atoms with van der Waals surface area (Å²) in [5.74, 6) is -1.28. The van der Waals surface area contributed by atoms with Gasteiger partial charge in [0.1, 0.15) is 5.75 Å². The van der Waals surface area contributed by atoms with E-state index in [0.717, 1.165) is 24.3 Å². The number of amides is 1. The Bertz CT molecular complexity index is 932. The molecule has 1 amide bonds. The van der Waals surface area contributed by atoms with E-state index < -0.39 is 22.6 Å². The SMILES string of the molecule is Cc1cc(C(=O)NC(=S)Nc2cc([N+](=O)[O-])ccc2O)cc(C(F)(F)F)c1. The highest BCUT2D eigenvalue weighted by Gasteiger charge is 2.31. The quantitative estimate of drug-likeness (QED) is 0.314. The molecule has 0 fully saturated rings. The summed E-state index contributed by atoms with van der Waals surface area (Å²) in [4.78, 5) is 22.2. The zero-order valence-electron chi connectivity index (χ0n) is 13.6. The molecule has 0 radical (unpaired) electrons. The lowest BCUT2D eigenvalue weighted by Crippen LogP contribution is -2.34. The van der Waals surface area contributed by atoms with Crippen molar-refractivity contribution >= 4 is 34.6 Å². The number of benzene rings is 2. The Morgan fingerprint density at radius 3 is 2.48 bits per heavy atom. The summed E-state index contributed by atoms with van der Waals surface area (Å²) in [7, 11) is 0. The molecule has 0 saturated carbocycles. The van der Waals surface area contributed by atoms with Crippen LogP contribution in [0.4, 0.5) is 24.5 Å². The number of thiocarbonyl (C=S) groups is 1. The maximum Gasteiger partial charge on any atom is 0.416 e. The zero-order valence-corrected chi connectivity index (χ0v) is 14.4. The van der Waals surface area contributed by atoms with Crippen LogP contribution in [0.15, 0.2) is 36.4 Å². The van der Waals surface area contributed by atoms with Gasteiger partial charge in [-0.05, 0) is 49.0 Å². The molecular formula is C16H12F3N3O4S. The number of phenolic OH excluding ortho intramolecular Hbond substituents is 1. The Kier molecular flexibility index (Phi) is 5.64. The van der Waals surface area contributed by atoms with Crippen molar-refractivity contribution < 1.29 is 28.0 Å². The highest BCUT2D eigenvalue weighted by atomic mass is 32.1. The fourth-order valence-electron chi connectivity index (χ4n) is 2.14. The maximum absolute atomic E-state index is 12.9. The summed E-state index contributed by atoms with van der Waals surface area (Å²) >= 11 is 4.87. The first-order valence-electron chi connectivity index (χ1n) is 7.26. The minimum atomic E-state index is -4.62. The topological polar surface area (TPSA) is 104 Å². The van der Waals surface area contributed by atoms with Crippen molar-refractivity contribution in [1.29, 1.82) is 0 Å². The first-order chi connectivity index (χ1) is 12.5. The lowest BCUT2D eigenvalue weighted by molar-refractivity contribution is -0.384. The van der Waals surface area contributed by atoms with Gasteiger partial charge in [-0.3, -0.25) is 20.2 Å². The van der Waals surface area contributed by atoms with Gasteiger partial charge in [-0.2, -0.15) is 13.2 Å². The number of carbonyl (C=O) groups excluding carboxylic acids is 1. The largest absolute Gasteiger partial charge is 0.506 e. The first kappa shape index (κ1) is 20.1. The molecule has 3 N–H and O–H groups in total. The molecule has 2 aromatic carbocycles. The van der Waals surface area contributed by atoms with E-state index in [9.17, 15) is 33.2 Å². The molecule has 0 heterocycles. The smallest absolute Gasteiger partial charge is 0.416 e. The summed E-state index contributed by atoms with van der Waals surface area (Å²) in [6, 6.07) is 5.93. The van der Waals surface area contributed by atoms with E-state index in [-0.39, 0.29) is 33.4 Å². The summed E-state index contributed by atoms with van der Waals surface area (Å²) in [6.45, 7) is 1.41. The van der Waals surface area contributed by atoms with Crippen LogP contribution in [-0.4, -0.2) is 21.0 Å². The average Bonchev–Trinajstić information content (AvgIpc) is 2.55. The Hall–Kier alpha value is -3.21. The van der Waals surface area contributed by atoms with Gasteiger partial charge in [0.05, 0.1) is 16.2 Å². The van der Waals surface area contributed by atoms with E-state index in [1.807, 2.05) is 0 Å². The number of aromatic hydroxyl groups is 1. The van der Waals surface area contributed by atoms with Crippen molar-refractivity contribution in [2.75, 3.05) is 5.32 Å². The van der Waals surface area contributed by atoms with Crippen molar-refractivity contribution in [3.63, 3.8) is 0 Å². The molecule has 142 valence electrons. The number of anilines is 1. The summed E-state index contributed by atoms with van der Waals surface area (Å²) < 4.78 is 38.6. The first-order valence-corrected chi connectivity index (χ1v) is 7.67. The monoisotopic (exact) mass is 399 g/mol. The Morgan fingerprint density at radius 2 is 1.89 bits per heavy atom. The van der Waals surface area contributed by atoms with Crippen LogP contribution in [-0.2, 0) is 6.18 Å². The zero-order chi connectivity index (χ0) is 20.4. The average molecular weight is 399 g/mol. The molecule has 0 aromatic heterocycles. The van der Waals surface area contributed by atoms with Gasteiger partial charge in [0.2, 0.25) is 0 Å². The maximum atomic E-state index is 12.9. The third-order valence-electron chi connectivity index (χ3n) is 3.33. The van der Waals surface area contributed by atoms with Crippen LogP contribution in [0, 0.1) is 17.0 Å². The number of phenols is 1. The van der Waals surface area contributed by atoms with Crippen LogP contribution in [0.1, 0.15) is 21.5 Å². The van der Waals surface area contributed by atoms with Gasteiger partial charge in [-0.25, -0.2) is 0 Å². The highest BCUT2D eigenvalue weighted by Crippen LogP contribution is 2.31. The summed E-state index contributed by atoms with van der Waals surface area (Å²) in [5.41, 5.74) is -1.50. The van der Waals surface area contributed by atoms with E-state index in [2.05, 4.69) is 10.6 Å². The summed E-state index contributed by atoms with van der Waals surface area (Å²) in [5, 5.41) is 24.6. The van der Waals surface area contributed by atoms with Crippen LogP contribution in [0.2, 0.25) is 0 Å². The van der Waals surface area contributed by atoms with Gasteiger partial charge in [-0.15, -0.1) is 0 Å². The van der Waals surface area contributed by atoms with Crippen LogP contribution in [0.25, 0.3) is 0 Å². The molecule has 2 rings (SSSR count). The molecule has 0 spiro atoms. The van der Waals surface area contributed by atoms with Crippen LogP contribution in [0.5, 0.6) is 5.75 Å². The number of nitrogens with one attached hydrogen (secondary N) is 2. The van der Waals surface area contributed by atoms with E-state index in [4.69, 9.17) is 12.2 Å². The van der Waals surface area contributed by atoms with E-state index in [0.29, 0.717) is 6.07 Å². The van der Waals surface area contributed by atoms with Crippen molar-refractivity contribution in [3.8, 4) is 5.75 Å². The van der Waals surface area contributed by atoms with Crippen molar-refractivity contribution in [2.45, 2.75) is 13.1 Å². The number of aryl methyl sites for hydroxylation is 1. The number of nitro groups is 1. The summed E-state index contributed by atoms with van der Waals surface area (Å²) in [6.07, 6.45) is -4.62. The van der Waals surface area contributed by atoms with Gasteiger partial charge in [0.15, 0.2) is 5.11 Å². The number of nitro benzene ring substituents is 1. The van der Waals surface area contributed by atoms with Gasteiger partial charge in [0, 0.05) is 17.7 Å². The van der Waals surface area contributed by atoms with Crippen LogP contribution in [0.3, 0.4) is 0 Å². The molecule has 0 aliphatic heterocycles. The molecule has 0 aliphatic rings. The molecule has 0 unspecified atom stereocenters. The number of alkyl halides is 3. The van der Waals surface area contributed by atoms with Gasteiger partial charge >= 0.3 is 6.18 Å².